The van der Waals surface area contributed by atoms with Gasteiger partial charge in [0, 0.05) is 5.92 Å². The molecule has 0 aliphatic heterocycles. The number of Topliss-reactive ketones (excluding diaryl/α,β-unsaturated/α-hetero) is 1. The summed E-state index contributed by atoms with van der Waals surface area (Å²) in [4.78, 5) is 12.0. The standard InChI is InChI=1S/C18H28O2/c1-7-14(6)17(19)11-20-18-15(12(2)3)9-8-10-16(18)13(4)5/h8-10,12-14H,7,11H2,1-6H3. The van der Waals surface area contributed by atoms with Crippen molar-refractivity contribution in [2.24, 2.45) is 5.92 Å². The quantitative estimate of drug-likeness (QED) is 0.706. The second-order valence-electron chi connectivity index (χ2n) is 6.14. The van der Waals surface area contributed by atoms with E-state index in [0.29, 0.717) is 11.8 Å². The van der Waals surface area contributed by atoms with Crippen molar-refractivity contribution in [2.45, 2.75) is 59.8 Å². The van der Waals surface area contributed by atoms with Crippen LogP contribution in [0.5, 0.6) is 5.75 Å². The zero-order chi connectivity index (χ0) is 15.3. The average Bonchev–Trinajstić information content (AvgIpc) is 2.42. The molecule has 2 heteroatoms. The highest BCUT2D eigenvalue weighted by Crippen LogP contribution is 2.34. The molecule has 0 radical (unpaired) electrons. The molecule has 0 spiro atoms. The lowest BCUT2D eigenvalue weighted by Crippen LogP contribution is -2.19. The number of carbonyl (C=O) groups excluding carboxylic acids is 1. The third-order valence-electron chi connectivity index (χ3n) is 3.84. The van der Waals surface area contributed by atoms with E-state index >= 15 is 0 Å². The summed E-state index contributed by atoms with van der Waals surface area (Å²) in [5.74, 6) is 1.95. The topological polar surface area (TPSA) is 26.3 Å². The van der Waals surface area contributed by atoms with E-state index < -0.39 is 0 Å². The van der Waals surface area contributed by atoms with Crippen LogP contribution in [0, 0.1) is 5.92 Å². The molecule has 0 bridgehead atoms. The molecule has 20 heavy (non-hydrogen) atoms. The first-order valence-corrected chi connectivity index (χ1v) is 7.66. The minimum absolute atomic E-state index is 0.0729. The van der Waals surface area contributed by atoms with E-state index in [1.807, 2.05) is 13.8 Å². The molecule has 0 aromatic heterocycles. The lowest BCUT2D eigenvalue weighted by atomic mass is 9.94. The first-order chi connectivity index (χ1) is 9.38. The molecule has 2 nitrogen and oxygen atoms in total. The zero-order valence-electron chi connectivity index (χ0n) is 13.7. The Labute approximate surface area is 123 Å². The third kappa shape index (κ3) is 4.09. The summed E-state index contributed by atoms with van der Waals surface area (Å²) in [5.41, 5.74) is 2.38. The van der Waals surface area contributed by atoms with E-state index in [2.05, 4.69) is 45.9 Å². The summed E-state index contributed by atoms with van der Waals surface area (Å²) < 4.78 is 5.93. The van der Waals surface area contributed by atoms with Crippen LogP contribution in [0.4, 0.5) is 0 Å². The van der Waals surface area contributed by atoms with Gasteiger partial charge in [-0.15, -0.1) is 0 Å². The Morgan fingerprint density at radius 3 is 1.95 bits per heavy atom. The number of carbonyl (C=O) groups is 1. The van der Waals surface area contributed by atoms with Gasteiger partial charge in [0.25, 0.3) is 0 Å². The molecule has 0 N–H and O–H groups in total. The van der Waals surface area contributed by atoms with Gasteiger partial charge >= 0.3 is 0 Å². The molecule has 0 amide bonds. The van der Waals surface area contributed by atoms with Crippen LogP contribution in [-0.2, 0) is 4.79 Å². The van der Waals surface area contributed by atoms with Crippen LogP contribution in [0.2, 0.25) is 0 Å². The molecule has 0 aliphatic carbocycles. The SMILES string of the molecule is CCC(C)C(=O)COc1c(C(C)C)cccc1C(C)C. The van der Waals surface area contributed by atoms with Gasteiger partial charge in [0.05, 0.1) is 0 Å². The van der Waals surface area contributed by atoms with Gasteiger partial charge in [-0.3, -0.25) is 4.79 Å². The molecule has 1 aromatic rings. The van der Waals surface area contributed by atoms with Crippen molar-refractivity contribution in [1.29, 1.82) is 0 Å². The average molecular weight is 276 g/mol. The van der Waals surface area contributed by atoms with Crippen LogP contribution in [0.1, 0.15) is 70.9 Å². The van der Waals surface area contributed by atoms with Crippen molar-refractivity contribution in [2.75, 3.05) is 6.61 Å². The number of ketones is 1. The van der Waals surface area contributed by atoms with E-state index in [0.717, 1.165) is 12.2 Å². The highest BCUT2D eigenvalue weighted by atomic mass is 16.5. The van der Waals surface area contributed by atoms with Crippen molar-refractivity contribution < 1.29 is 9.53 Å². The Balaban J connectivity index is 2.99. The van der Waals surface area contributed by atoms with Gasteiger partial charge in [-0.2, -0.15) is 0 Å². The van der Waals surface area contributed by atoms with Crippen LogP contribution in [0.25, 0.3) is 0 Å². The fourth-order valence-electron chi connectivity index (χ4n) is 2.16. The van der Waals surface area contributed by atoms with Crippen LogP contribution in [0.15, 0.2) is 18.2 Å². The molecule has 0 fully saturated rings. The first-order valence-electron chi connectivity index (χ1n) is 7.66. The Hall–Kier alpha value is -1.31. The molecule has 1 atom stereocenters. The lowest BCUT2D eigenvalue weighted by Gasteiger charge is -2.20. The van der Waals surface area contributed by atoms with Crippen molar-refractivity contribution in [3.05, 3.63) is 29.3 Å². The maximum absolute atomic E-state index is 12.0. The summed E-state index contributed by atoms with van der Waals surface area (Å²) in [6.45, 7) is 12.8. The number of benzene rings is 1. The number of ether oxygens (including phenoxy) is 1. The molecule has 1 rings (SSSR count). The third-order valence-corrected chi connectivity index (χ3v) is 3.84. The monoisotopic (exact) mass is 276 g/mol. The van der Waals surface area contributed by atoms with Gasteiger partial charge in [-0.1, -0.05) is 59.7 Å². The Kier molecular flexibility index (Phi) is 6.25. The zero-order valence-corrected chi connectivity index (χ0v) is 13.7. The number of rotatable bonds is 7. The van der Waals surface area contributed by atoms with Gasteiger partial charge in [0.15, 0.2) is 5.78 Å². The van der Waals surface area contributed by atoms with Gasteiger partial charge < -0.3 is 4.74 Å². The van der Waals surface area contributed by atoms with E-state index in [1.54, 1.807) is 0 Å². The minimum atomic E-state index is 0.0729. The van der Waals surface area contributed by atoms with Crippen molar-refractivity contribution in [3.63, 3.8) is 0 Å². The van der Waals surface area contributed by atoms with Crippen LogP contribution in [0.3, 0.4) is 0 Å². The molecular formula is C18H28O2. The van der Waals surface area contributed by atoms with Gasteiger partial charge in [-0.25, -0.2) is 0 Å². The predicted molar refractivity (Wildman–Crippen MR) is 84.6 cm³/mol. The normalized spacial score (nSPS) is 12.8. The molecule has 0 saturated heterocycles. The van der Waals surface area contributed by atoms with Crippen molar-refractivity contribution in [1.82, 2.24) is 0 Å². The Morgan fingerprint density at radius 1 is 1.05 bits per heavy atom. The summed E-state index contributed by atoms with van der Waals surface area (Å²) in [7, 11) is 0. The fourth-order valence-corrected chi connectivity index (χ4v) is 2.16. The molecule has 0 aliphatic rings. The van der Waals surface area contributed by atoms with Gasteiger partial charge in [0.1, 0.15) is 12.4 Å². The van der Waals surface area contributed by atoms with E-state index in [9.17, 15) is 4.79 Å². The first kappa shape index (κ1) is 16.7. The van der Waals surface area contributed by atoms with Crippen molar-refractivity contribution >= 4 is 5.78 Å². The number of para-hydroxylation sites is 1. The van der Waals surface area contributed by atoms with E-state index in [4.69, 9.17) is 4.74 Å². The van der Waals surface area contributed by atoms with Crippen LogP contribution >= 0.6 is 0 Å². The molecule has 112 valence electrons. The van der Waals surface area contributed by atoms with Crippen LogP contribution < -0.4 is 4.74 Å². The molecule has 1 aromatic carbocycles. The predicted octanol–water partition coefficient (Wildman–Crippen LogP) is 4.93. The number of hydrogen-bond donors (Lipinski definition) is 0. The Morgan fingerprint density at radius 2 is 1.55 bits per heavy atom. The van der Waals surface area contributed by atoms with E-state index in [1.165, 1.54) is 11.1 Å². The maximum Gasteiger partial charge on any atom is 0.172 e. The summed E-state index contributed by atoms with van der Waals surface area (Å²) >= 11 is 0. The van der Waals surface area contributed by atoms with Crippen molar-refractivity contribution in [3.8, 4) is 5.75 Å². The second kappa shape index (κ2) is 7.47. The second-order valence-corrected chi connectivity index (χ2v) is 6.14. The highest BCUT2D eigenvalue weighted by Gasteiger charge is 2.17. The molecule has 0 heterocycles. The fraction of sp³-hybridized carbons (Fsp3) is 0.611. The summed E-state index contributed by atoms with van der Waals surface area (Å²) in [5, 5.41) is 0. The van der Waals surface area contributed by atoms with Crippen LogP contribution in [-0.4, -0.2) is 12.4 Å². The minimum Gasteiger partial charge on any atom is -0.485 e. The molecule has 0 saturated carbocycles. The lowest BCUT2D eigenvalue weighted by molar-refractivity contribution is -0.124. The maximum atomic E-state index is 12.0. The Bertz CT molecular complexity index is 420. The van der Waals surface area contributed by atoms with Gasteiger partial charge in [0.2, 0.25) is 0 Å². The largest absolute Gasteiger partial charge is 0.485 e. The summed E-state index contributed by atoms with van der Waals surface area (Å²) in [6, 6.07) is 6.27. The number of hydrogen-bond acceptors (Lipinski definition) is 2. The summed E-state index contributed by atoms with van der Waals surface area (Å²) in [6.07, 6.45) is 0.866. The molecule has 1 unspecified atom stereocenters. The smallest absolute Gasteiger partial charge is 0.172 e. The highest BCUT2D eigenvalue weighted by molar-refractivity contribution is 5.82. The van der Waals surface area contributed by atoms with E-state index in [-0.39, 0.29) is 18.3 Å². The van der Waals surface area contributed by atoms with Gasteiger partial charge in [-0.05, 0) is 29.4 Å². The molecular weight excluding hydrogens is 248 g/mol.